The molecule has 1 fully saturated rings. The van der Waals surface area contributed by atoms with E-state index < -0.39 is 0 Å². The minimum atomic E-state index is -0.322. The fraction of sp³-hybridized carbons (Fsp3) is 0.474. The number of urea groups is 1. The van der Waals surface area contributed by atoms with Crippen LogP contribution >= 0.6 is 12.2 Å². The van der Waals surface area contributed by atoms with Gasteiger partial charge in [0.15, 0.2) is 0 Å². The summed E-state index contributed by atoms with van der Waals surface area (Å²) in [6.07, 6.45) is 4.64. The number of benzene rings is 1. The molecule has 0 spiro atoms. The second kappa shape index (κ2) is 8.83. The van der Waals surface area contributed by atoms with Crippen molar-refractivity contribution in [3.8, 4) is 5.75 Å². The third-order valence-corrected chi connectivity index (χ3v) is 6.28. The second-order valence-electron chi connectivity index (χ2n) is 7.37. The van der Waals surface area contributed by atoms with E-state index in [1.54, 1.807) is 17.0 Å². The highest BCUT2D eigenvalue weighted by Crippen LogP contribution is 2.36. The van der Waals surface area contributed by atoms with Crippen molar-refractivity contribution in [3.63, 3.8) is 0 Å². The number of nitrogens with zero attached hydrogens (tertiary/aromatic N) is 3. The summed E-state index contributed by atoms with van der Waals surface area (Å²) in [6.45, 7) is 5.67. The van der Waals surface area contributed by atoms with Crippen LogP contribution in [-0.4, -0.2) is 46.1 Å². The highest BCUT2D eigenvalue weighted by Gasteiger charge is 2.37. The molecule has 0 bridgehead atoms. The molecule has 0 saturated carbocycles. The molecule has 9 heteroatoms. The maximum absolute atomic E-state index is 13.3. The summed E-state index contributed by atoms with van der Waals surface area (Å²) in [5.41, 5.74) is 0.396. The zero-order valence-corrected chi connectivity index (χ0v) is 17.0. The molecule has 0 aliphatic carbocycles. The van der Waals surface area contributed by atoms with Crippen molar-refractivity contribution in [1.29, 1.82) is 0 Å². The predicted octanol–water partition coefficient (Wildman–Crippen LogP) is 4.41. The number of anilines is 1. The number of nitrogens with one attached hydrogen (secondary N) is 1. The molecule has 1 aliphatic heterocycles. The normalized spacial score (nSPS) is 15.7. The third-order valence-electron chi connectivity index (χ3n) is 5.32. The summed E-state index contributed by atoms with van der Waals surface area (Å²) in [5.74, 6) is 0.547. The first-order valence-corrected chi connectivity index (χ1v) is 9.85. The van der Waals surface area contributed by atoms with E-state index in [4.69, 9.17) is 8.71 Å². The first-order valence-electron chi connectivity index (χ1n) is 9.15. The minimum absolute atomic E-state index is 0.142. The molecule has 1 aliphatic rings. The molecule has 3 rings (SSSR count). The Balaban J connectivity index is 1.49. The van der Waals surface area contributed by atoms with Crippen molar-refractivity contribution in [1.82, 2.24) is 14.4 Å². The van der Waals surface area contributed by atoms with Crippen LogP contribution in [0.2, 0.25) is 0 Å². The molecule has 2 heterocycles. The Labute approximate surface area is 168 Å². The maximum atomic E-state index is 13.3. The molecule has 2 aromatic rings. The van der Waals surface area contributed by atoms with Gasteiger partial charge in [-0.1, -0.05) is 11.2 Å². The van der Waals surface area contributed by atoms with Gasteiger partial charge in [-0.15, -0.1) is 0 Å². The molecule has 7 nitrogen and oxygen atoms in total. The van der Waals surface area contributed by atoms with Crippen LogP contribution < -0.4 is 9.50 Å². The zero-order valence-electron chi connectivity index (χ0n) is 16.2. The van der Waals surface area contributed by atoms with E-state index >= 15 is 0 Å². The topological polar surface area (TPSA) is 70.8 Å². The Morgan fingerprint density at radius 3 is 2.82 bits per heavy atom. The van der Waals surface area contributed by atoms with E-state index in [1.165, 1.54) is 36.8 Å². The number of piperidine rings is 1. The van der Waals surface area contributed by atoms with E-state index in [0.29, 0.717) is 30.4 Å². The van der Waals surface area contributed by atoms with Crippen molar-refractivity contribution in [2.24, 2.45) is 5.92 Å². The smallest absolute Gasteiger partial charge is 0.321 e. The third kappa shape index (κ3) is 4.96. The fourth-order valence-electron chi connectivity index (χ4n) is 3.23. The molecule has 0 unspecified atom stereocenters. The van der Waals surface area contributed by atoms with Gasteiger partial charge >= 0.3 is 6.03 Å². The van der Waals surface area contributed by atoms with Gasteiger partial charge < -0.3 is 18.9 Å². The largest absolute Gasteiger partial charge is 0.409 e. The maximum Gasteiger partial charge on any atom is 0.321 e. The molecular weight excluding hydrogens is 383 g/mol. The lowest BCUT2D eigenvalue weighted by atomic mass is 9.80. The molecule has 1 saturated heterocycles. The average Bonchev–Trinajstić information content (AvgIpc) is 3.19. The lowest BCUT2D eigenvalue weighted by Gasteiger charge is -2.44. The number of halogens is 1. The first-order chi connectivity index (χ1) is 13.4. The van der Waals surface area contributed by atoms with Gasteiger partial charge in [0.05, 0.1) is 6.20 Å². The van der Waals surface area contributed by atoms with E-state index in [9.17, 15) is 9.18 Å². The van der Waals surface area contributed by atoms with E-state index in [0.717, 1.165) is 12.8 Å². The van der Waals surface area contributed by atoms with Crippen LogP contribution in [0.25, 0.3) is 0 Å². The second-order valence-corrected chi connectivity index (χ2v) is 8.23. The molecule has 1 aromatic carbocycles. The number of carbonyl (C=O) groups is 1. The number of amides is 2. The van der Waals surface area contributed by atoms with Crippen LogP contribution in [0, 0.1) is 11.7 Å². The molecule has 0 atom stereocenters. The summed E-state index contributed by atoms with van der Waals surface area (Å²) in [4.78, 5) is 14.1. The van der Waals surface area contributed by atoms with Gasteiger partial charge in [0.2, 0.25) is 0 Å². The molecule has 1 N–H and O–H groups in total. The van der Waals surface area contributed by atoms with E-state index in [2.05, 4.69) is 28.6 Å². The van der Waals surface area contributed by atoms with E-state index in [1.807, 2.05) is 7.05 Å². The lowest BCUT2D eigenvalue weighted by Crippen LogP contribution is -2.50. The Bertz CT molecular complexity index is 779. The van der Waals surface area contributed by atoms with Crippen LogP contribution in [0.15, 0.2) is 41.2 Å². The molecular formula is C19H25FN4O3S. The van der Waals surface area contributed by atoms with Gasteiger partial charge in [0, 0.05) is 31.7 Å². The summed E-state index contributed by atoms with van der Waals surface area (Å²) in [6, 6.07) is 5.95. The van der Waals surface area contributed by atoms with Gasteiger partial charge in [-0.3, -0.25) is 0 Å². The Kier molecular flexibility index (Phi) is 6.46. The van der Waals surface area contributed by atoms with Gasteiger partial charge in [0.1, 0.15) is 35.7 Å². The van der Waals surface area contributed by atoms with Crippen molar-refractivity contribution in [3.05, 3.63) is 42.5 Å². The highest BCUT2D eigenvalue weighted by molar-refractivity contribution is 7.92. The zero-order chi connectivity index (χ0) is 20.1. The Hall–Kier alpha value is -2.26. The summed E-state index contributed by atoms with van der Waals surface area (Å²) in [5, 5.41) is 6.36. The average molecular weight is 408 g/mol. The van der Waals surface area contributed by atoms with Crippen molar-refractivity contribution >= 4 is 23.9 Å². The van der Waals surface area contributed by atoms with Gasteiger partial charge in [-0.25, -0.2) is 13.5 Å². The SMILES string of the molecule is CN(SOc1cccc(F)c1)C(C)(C)C1CCN(C(=O)Nc2cnoc2)CC1. The number of hydrogen-bond donors (Lipinski definition) is 1. The van der Waals surface area contributed by atoms with Gasteiger partial charge in [0.25, 0.3) is 0 Å². The van der Waals surface area contributed by atoms with Crippen LogP contribution in [0.4, 0.5) is 14.9 Å². The summed E-state index contributed by atoms with van der Waals surface area (Å²) in [7, 11) is 1.97. The summed E-state index contributed by atoms with van der Waals surface area (Å²) < 4.78 is 25.7. The molecule has 28 heavy (non-hydrogen) atoms. The Morgan fingerprint density at radius 2 is 2.18 bits per heavy atom. The molecule has 2 amide bonds. The molecule has 1 aromatic heterocycles. The van der Waals surface area contributed by atoms with Crippen molar-refractivity contribution < 1.29 is 17.9 Å². The number of rotatable bonds is 6. The van der Waals surface area contributed by atoms with Gasteiger partial charge in [-0.05, 0) is 44.7 Å². The Morgan fingerprint density at radius 1 is 1.43 bits per heavy atom. The van der Waals surface area contributed by atoms with Crippen molar-refractivity contribution in [2.75, 3.05) is 25.5 Å². The monoisotopic (exact) mass is 408 g/mol. The highest BCUT2D eigenvalue weighted by atomic mass is 32.2. The first kappa shape index (κ1) is 20.5. The standard InChI is InChI=1S/C19H25FN4O3S/c1-19(2,23(3)28-27-17-6-4-5-15(20)11-17)14-7-9-24(10-8-14)18(25)22-16-12-21-26-13-16/h4-6,11-14H,7-10H2,1-3H3,(H,22,25). The van der Waals surface area contributed by atoms with Gasteiger partial charge in [-0.2, -0.15) is 0 Å². The minimum Gasteiger partial charge on any atom is -0.409 e. The number of hydrogen-bond acceptors (Lipinski definition) is 6. The molecule has 152 valence electrons. The fourth-order valence-corrected chi connectivity index (χ4v) is 3.87. The van der Waals surface area contributed by atoms with Crippen molar-refractivity contribution in [2.45, 2.75) is 32.2 Å². The van der Waals surface area contributed by atoms with Crippen LogP contribution in [-0.2, 0) is 0 Å². The number of likely N-dealkylation sites (tertiary alicyclic amines) is 1. The van der Waals surface area contributed by atoms with Crippen LogP contribution in [0.5, 0.6) is 5.75 Å². The lowest BCUT2D eigenvalue weighted by molar-refractivity contribution is 0.106. The summed E-state index contributed by atoms with van der Waals surface area (Å²) >= 11 is 1.21. The number of aromatic nitrogens is 1. The quantitative estimate of drug-likeness (QED) is 0.564. The van der Waals surface area contributed by atoms with Crippen LogP contribution in [0.3, 0.4) is 0 Å². The van der Waals surface area contributed by atoms with E-state index in [-0.39, 0.29) is 17.4 Å². The number of carbonyl (C=O) groups excluding carboxylic acids is 1. The molecule has 0 radical (unpaired) electrons. The predicted molar refractivity (Wildman–Crippen MR) is 106 cm³/mol. The van der Waals surface area contributed by atoms with Crippen LogP contribution in [0.1, 0.15) is 26.7 Å².